The Morgan fingerprint density at radius 2 is 1.89 bits per heavy atom. The Labute approximate surface area is 160 Å². The van der Waals surface area contributed by atoms with Crippen LogP contribution in [-0.2, 0) is 10.9 Å². The van der Waals surface area contributed by atoms with E-state index in [0.29, 0.717) is 25.3 Å². The Bertz CT molecular complexity index is 852. The Hall–Kier alpha value is -2.13. The summed E-state index contributed by atoms with van der Waals surface area (Å²) in [7, 11) is 0. The van der Waals surface area contributed by atoms with Crippen LogP contribution in [0.25, 0.3) is 5.65 Å². The van der Waals surface area contributed by atoms with Crippen molar-refractivity contribution in [1.82, 2.24) is 19.6 Å². The largest absolute Gasteiger partial charge is 0.434 e. The highest BCUT2D eigenvalue weighted by atomic mass is 19.4. The van der Waals surface area contributed by atoms with Crippen molar-refractivity contribution < 1.29 is 22.7 Å². The minimum absolute atomic E-state index is 0.104. The predicted molar refractivity (Wildman–Crippen MR) is 96.1 cm³/mol. The molecule has 4 rings (SSSR count). The van der Waals surface area contributed by atoms with Gasteiger partial charge in [0.25, 0.3) is 5.91 Å². The first-order valence-corrected chi connectivity index (χ1v) is 9.54. The quantitative estimate of drug-likeness (QED) is 0.864. The van der Waals surface area contributed by atoms with Gasteiger partial charge in [-0.2, -0.15) is 13.2 Å². The lowest BCUT2D eigenvalue weighted by Gasteiger charge is -2.44. The number of carbonyl (C=O) groups excluding carboxylic acids is 1. The number of carbonyl (C=O) groups is 1. The van der Waals surface area contributed by atoms with Crippen LogP contribution in [0.4, 0.5) is 13.2 Å². The number of hydrogen-bond acceptors (Lipinski definition) is 4. The van der Waals surface area contributed by atoms with Crippen LogP contribution in [0.2, 0.25) is 0 Å². The molecule has 152 valence electrons. The summed E-state index contributed by atoms with van der Waals surface area (Å²) in [4.78, 5) is 18.7. The number of hydrogen-bond donors (Lipinski definition) is 1. The minimum Gasteiger partial charge on any atom is -0.381 e. The second kappa shape index (κ2) is 7.36. The molecule has 9 heteroatoms. The van der Waals surface area contributed by atoms with E-state index in [0.717, 1.165) is 45.0 Å². The number of alkyl halides is 3. The van der Waals surface area contributed by atoms with E-state index in [9.17, 15) is 18.0 Å². The second-order valence-corrected chi connectivity index (χ2v) is 7.52. The van der Waals surface area contributed by atoms with Crippen LogP contribution in [-0.4, -0.2) is 58.6 Å². The number of pyridine rings is 1. The predicted octanol–water partition coefficient (Wildman–Crippen LogP) is 2.73. The number of rotatable bonds is 4. The number of amides is 1. The van der Waals surface area contributed by atoms with Crippen LogP contribution >= 0.6 is 0 Å². The molecule has 28 heavy (non-hydrogen) atoms. The van der Waals surface area contributed by atoms with Gasteiger partial charge >= 0.3 is 6.18 Å². The van der Waals surface area contributed by atoms with Crippen LogP contribution in [0.15, 0.2) is 24.5 Å². The molecule has 2 aliphatic rings. The molecule has 2 saturated heterocycles. The number of fused-ring (bicyclic) bond motifs is 1. The summed E-state index contributed by atoms with van der Waals surface area (Å²) in [5.41, 5.74) is -0.614. The van der Waals surface area contributed by atoms with Gasteiger partial charge in [-0.1, -0.05) is 0 Å². The van der Waals surface area contributed by atoms with Crippen molar-refractivity contribution in [2.75, 3.05) is 32.8 Å². The molecular weight excluding hydrogens is 373 g/mol. The Kier molecular flexibility index (Phi) is 5.05. The molecule has 6 nitrogen and oxygen atoms in total. The van der Waals surface area contributed by atoms with E-state index in [4.69, 9.17) is 4.74 Å². The first-order valence-electron chi connectivity index (χ1n) is 9.54. The molecule has 0 saturated carbocycles. The first kappa shape index (κ1) is 19.2. The van der Waals surface area contributed by atoms with E-state index in [1.54, 1.807) is 0 Å². The van der Waals surface area contributed by atoms with Crippen molar-refractivity contribution in [3.8, 4) is 0 Å². The zero-order chi connectivity index (χ0) is 19.8. The first-order chi connectivity index (χ1) is 13.4. The van der Waals surface area contributed by atoms with Gasteiger partial charge in [0.05, 0.1) is 5.56 Å². The molecule has 0 atom stereocenters. The summed E-state index contributed by atoms with van der Waals surface area (Å²) in [5.74, 6) is -0.297. The van der Waals surface area contributed by atoms with E-state index < -0.39 is 11.9 Å². The Morgan fingerprint density at radius 3 is 2.57 bits per heavy atom. The highest BCUT2D eigenvalue weighted by Crippen LogP contribution is 2.31. The summed E-state index contributed by atoms with van der Waals surface area (Å²) >= 11 is 0. The lowest BCUT2D eigenvalue weighted by atomic mass is 9.88. The summed E-state index contributed by atoms with van der Waals surface area (Å²) in [6, 6.07) is 2.93. The number of nitrogens with one attached hydrogen (secondary N) is 1. The summed E-state index contributed by atoms with van der Waals surface area (Å²) in [6.07, 6.45) is 1.83. The molecule has 0 aliphatic carbocycles. The van der Waals surface area contributed by atoms with Crippen LogP contribution in [0.3, 0.4) is 0 Å². The standard InChI is InChI=1S/C19H23F3N4O2/c20-19(21,22)15-12-25-11-14(3-4-16(25)24-15)17(27)23-13-18(5-9-28-10-6-18)26-7-1-2-8-26/h3-4,11-12H,1-2,5-10,13H2,(H,23,27). The van der Waals surface area contributed by atoms with E-state index in [2.05, 4.69) is 15.2 Å². The zero-order valence-electron chi connectivity index (χ0n) is 15.5. The van der Waals surface area contributed by atoms with Crippen LogP contribution in [0.5, 0.6) is 0 Å². The number of nitrogens with zero attached hydrogens (tertiary/aromatic N) is 3. The molecule has 2 aromatic rings. The molecule has 0 bridgehead atoms. The van der Waals surface area contributed by atoms with Gasteiger partial charge in [0.15, 0.2) is 5.69 Å². The van der Waals surface area contributed by atoms with Gasteiger partial charge in [0.2, 0.25) is 0 Å². The highest BCUT2D eigenvalue weighted by molar-refractivity contribution is 5.94. The summed E-state index contributed by atoms with van der Waals surface area (Å²) in [5, 5.41) is 3.00. The molecule has 1 N–H and O–H groups in total. The highest BCUT2D eigenvalue weighted by Gasteiger charge is 2.40. The molecule has 0 unspecified atom stereocenters. The van der Waals surface area contributed by atoms with Gasteiger partial charge in [-0.25, -0.2) is 4.98 Å². The topological polar surface area (TPSA) is 58.9 Å². The number of halogens is 3. The molecule has 1 amide bonds. The second-order valence-electron chi connectivity index (χ2n) is 7.52. The normalized spacial score (nSPS) is 20.5. The van der Waals surface area contributed by atoms with E-state index >= 15 is 0 Å². The van der Waals surface area contributed by atoms with Crippen molar-refractivity contribution in [3.63, 3.8) is 0 Å². The zero-order valence-corrected chi connectivity index (χ0v) is 15.5. The fraction of sp³-hybridized carbons (Fsp3) is 0.579. The van der Waals surface area contributed by atoms with E-state index in [1.165, 1.54) is 22.7 Å². The van der Waals surface area contributed by atoms with Crippen molar-refractivity contribution in [1.29, 1.82) is 0 Å². The third kappa shape index (κ3) is 3.73. The monoisotopic (exact) mass is 396 g/mol. The smallest absolute Gasteiger partial charge is 0.381 e. The lowest BCUT2D eigenvalue weighted by Crippen LogP contribution is -2.57. The van der Waals surface area contributed by atoms with Gasteiger partial charge in [0.1, 0.15) is 5.65 Å². The third-order valence-electron chi connectivity index (χ3n) is 5.78. The van der Waals surface area contributed by atoms with Crippen molar-refractivity contribution >= 4 is 11.6 Å². The summed E-state index contributed by atoms with van der Waals surface area (Å²) < 4.78 is 45.2. The van der Waals surface area contributed by atoms with Crippen molar-refractivity contribution in [2.45, 2.75) is 37.4 Å². The molecule has 0 radical (unpaired) electrons. The van der Waals surface area contributed by atoms with E-state index in [-0.39, 0.29) is 17.1 Å². The van der Waals surface area contributed by atoms with Crippen LogP contribution in [0, 0.1) is 0 Å². The van der Waals surface area contributed by atoms with Gasteiger partial charge in [-0.05, 0) is 50.9 Å². The van der Waals surface area contributed by atoms with Crippen LogP contribution in [0.1, 0.15) is 41.7 Å². The van der Waals surface area contributed by atoms with Crippen molar-refractivity contribution in [3.05, 3.63) is 35.8 Å². The molecule has 0 spiro atoms. The molecule has 2 fully saturated rings. The minimum atomic E-state index is -4.51. The van der Waals surface area contributed by atoms with Gasteiger partial charge in [0, 0.05) is 37.7 Å². The lowest BCUT2D eigenvalue weighted by molar-refractivity contribution is -0.140. The molecular formula is C19H23F3N4O2. The number of likely N-dealkylation sites (tertiary alicyclic amines) is 1. The SMILES string of the molecule is O=C(NCC1(N2CCCC2)CCOCC1)c1ccc2nc(C(F)(F)F)cn2c1. The van der Waals surface area contributed by atoms with E-state index in [1.807, 2.05) is 0 Å². The maximum Gasteiger partial charge on any atom is 0.434 e. The van der Waals surface area contributed by atoms with Crippen molar-refractivity contribution in [2.24, 2.45) is 0 Å². The maximum absolute atomic E-state index is 12.8. The Morgan fingerprint density at radius 1 is 1.18 bits per heavy atom. The third-order valence-corrected chi connectivity index (χ3v) is 5.78. The van der Waals surface area contributed by atoms with Crippen LogP contribution < -0.4 is 5.32 Å². The molecule has 2 aromatic heterocycles. The van der Waals surface area contributed by atoms with Gasteiger partial charge in [-0.3, -0.25) is 9.69 Å². The average Bonchev–Trinajstić information content (AvgIpc) is 3.36. The number of imidazole rings is 1. The number of ether oxygens (including phenoxy) is 1. The molecule has 4 heterocycles. The summed E-state index contributed by atoms with van der Waals surface area (Å²) in [6.45, 7) is 3.90. The average molecular weight is 396 g/mol. The van der Waals surface area contributed by atoms with Gasteiger partial charge in [-0.15, -0.1) is 0 Å². The Balaban J connectivity index is 1.49. The molecule has 2 aliphatic heterocycles. The van der Waals surface area contributed by atoms with Gasteiger partial charge < -0.3 is 14.5 Å². The fourth-order valence-electron chi connectivity index (χ4n) is 4.16. The molecule has 0 aromatic carbocycles. The fourth-order valence-corrected chi connectivity index (χ4v) is 4.16. The maximum atomic E-state index is 12.8. The number of aromatic nitrogens is 2.